The van der Waals surface area contributed by atoms with Crippen molar-refractivity contribution in [1.82, 2.24) is 4.98 Å². The van der Waals surface area contributed by atoms with E-state index in [-0.39, 0.29) is 0 Å². The van der Waals surface area contributed by atoms with E-state index >= 15 is 0 Å². The molecule has 0 bridgehead atoms. The summed E-state index contributed by atoms with van der Waals surface area (Å²) in [5, 5.41) is 12.7. The fourth-order valence-electron chi connectivity index (χ4n) is 1.16. The fourth-order valence-corrected chi connectivity index (χ4v) is 1.41. The molecular formula is C11H15N3S. The molecule has 0 amide bonds. The Hall–Kier alpha value is -1.21. The first-order chi connectivity index (χ1) is 7.19. The van der Waals surface area contributed by atoms with Gasteiger partial charge in [0.25, 0.3) is 0 Å². The van der Waals surface area contributed by atoms with Gasteiger partial charge in [0.1, 0.15) is 11.9 Å². The maximum absolute atomic E-state index is 8.99. The van der Waals surface area contributed by atoms with Crippen LogP contribution in [0.2, 0.25) is 0 Å². The predicted molar refractivity (Wildman–Crippen MR) is 65.2 cm³/mol. The van der Waals surface area contributed by atoms with Gasteiger partial charge >= 0.3 is 0 Å². The van der Waals surface area contributed by atoms with Gasteiger partial charge in [-0.05, 0) is 24.8 Å². The summed E-state index contributed by atoms with van der Waals surface area (Å²) in [5.41, 5.74) is 1.61. The number of nitrogens with one attached hydrogen (secondary N) is 1. The highest BCUT2D eigenvalue weighted by atomic mass is 32.2. The lowest BCUT2D eigenvalue weighted by Crippen LogP contribution is -2.14. The van der Waals surface area contributed by atoms with Crippen molar-refractivity contribution < 1.29 is 0 Å². The number of pyridine rings is 1. The van der Waals surface area contributed by atoms with Gasteiger partial charge in [-0.15, -0.1) is 0 Å². The van der Waals surface area contributed by atoms with Crippen molar-refractivity contribution in [2.24, 2.45) is 0 Å². The van der Waals surface area contributed by atoms with Gasteiger partial charge in [0, 0.05) is 18.0 Å². The molecule has 0 saturated carbocycles. The number of anilines is 1. The van der Waals surface area contributed by atoms with E-state index in [4.69, 9.17) is 5.26 Å². The summed E-state index contributed by atoms with van der Waals surface area (Å²) in [5.74, 6) is 0.693. The summed E-state index contributed by atoms with van der Waals surface area (Å²) in [4.78, 5) is 4.17. The number of hydrogen-bond acceptors (Lipinski definition) is 4. The Bertz CT molecular complexity index is 371. The van der Waals surface area contributed by atoms with Crippen LogP contribution in [0.1, 0.15) is 18.1 Å². The molecule has 4 heteroatoms. The highest BCUT2D eigenvalue weighted by Crippen LogP contribution is 2.16. The summed E-state index contributed by atoms with van der Waals surface area (Å²) in [6.45, 7) is 4.88. The minimum absolute atomic E-state index is 0.513. The largest absolute Gasteiger partial charge is 0.368 e. The number of aryl methyl sites for hydroxylation is 1. The van der Waals surface area contributed by atoms with Crippen LogP contribution in [0.25, 0.3) is 0 Å². The summed E-state index contributed by atoms with van der Waals surface area (Å²) >= 11 is 1.79. The van der Waals surface area contributed by atoms with E-state index in [0.29, 0.717) is 16.6 Å². The second kappa shape index (κ2) is 5.62. The number of nitriles is 1. The van der Waals surface area contributed by atoms with Gasteiger partial charge in [0.05, 0.1) is 5.56 Å². The van der Waals surface area contributed by atoms with Crippen LogP contribution in [0.3, 0.4) is 0 Å². The zero-order valence-electron chi connectivity index (χ0n) is 9.24. The van der Waals surface area contributed by atoms with Crippen molar-refractivity contribution in [3.05, 3.63) is 23.4 Å². The minimum atomic E-state index is 0.513. The average molecular weight is 221 g/mol. The van der Waals surface area contributed by atoms with E-state index in [1.165, 1.54) is 0 Å². The van der Waals surface area contributed by atoms with E-state index < -0.39 is 0 Å². The van der Waals surface area contributed by atoms with Gasteiger partial charge in [0.15, 0.2) is 0 Å². The third-order valence-corrected chi connectivity index (χ3v) is 3.20. The first kappa shape index (κ1) is 11.9. The van der Waals surface area contributed by atoms with Crippen molar-refractivity contribution in [2.75, 3.05) is 18.1 Å². The van der Waals surface area contributed by atoms with Gasteiger partial charge in [-0.25, -0.2) is 4.98 Å². The van der Waals surface area contributed by atoms with Crippen LogP contribution in [0.15, 0.2) is 12.3 Å². The smallest absolute Gasteiger partial charge is 0.144 e. The molecule has 0 aliphatic rings. The lowest BCUT2D eigenvalue weighted by molar-refractivity contribution is 0.988. The number of thioether (sulfide) groups is 1. The summed E-state index contributed by atoms with van der Waals surface area (Å²) in [7, 11) is 0. The minimum Gasteiger partial charge on any atom is -0.368 e. The number of rotatable bonds is 4. The normalized spacial score (nSPS) is 11.9. The molecule has 0 saturated heterocycles. The molecule has 1 aromatic heterocycles. The Kier molecular flexibility index (Phi) is 4.44. The number of nitrogens with zero attached hydrogens (tertiary/aromatic N) is 2. The molecule has 1 atom stereocenters. The van der Waals surface area contributed by atoms with Crippen LogP contribution in [0, 0.1) is 18.3 Å². The molecule has 1 unspecified atom stereocenters. The lowest BCUT2D eigenvalue weighted by Gasteiger charge is -2.11. The molecule has 80 valence electrons. The quantitative estimate of drug-likeness (QED) is 0.848. The van der Waals surface area contributed by atoms with Crippen LogP contribution in [-0.2, 0) is 0 Å². The highest BCUT2D eigenvalue weighted by Gasteiger charge is 2.07. The molecular weight excluding hydrogens is 206 g/mol. The van der Waals surface area contributed by atoms with Crippen molar-refractivity contribution in [3.8, 4) is 6.07 Å². The van der Waals surface area contributed by atoms with Crippen LogP contribution in [-0.4, -0.2) is 23.0 Å². The Balaban J connectivity index is 2.77. The molecule has 3 nitrogen and oxygen atoms in total. The van der Waals surface area contributed by atoms with Crippen molar-refractivity contribution in [3.63, 3.8) is 0 Å². The first-order valence-corrected chi connectivity index (χ1v) is 6.10. The van der Waals surface area contributed by atoms with E-state index in [9.17, 15) is 0 Å². The maximum Gasteiger partial charge on any atom is 0.144 e. The summed E-state index contributed by atoms with van der Waals surface area (Å²) < 4.78 is 0. The monoisotopic (exact) mass is 221 g/mol. The van der Waals surface area contributed by atoms with E-state index in [2.05, 4.69) is 29.5 Å². The molecule has 0 aromatic carbocycles. The highest BCUT2D eigenvalue weighted by molar-refractivity contribution is 7.99. The molecule has 0 fully saturated rings. The molecule has 15 heavy (non-hydrogen) atoms. The summed E-state index contributed by atoms with van der Waals surface area (Å²) in [6.07, 6.45) is 3.80. The zero-order chi connectivity index (χ0) is 11.3. The SMILES string of the molecule is CSC(C)CNc1nccc(C)c1C#N. The number of hydrogen-bond donors (Lipinski definition) is 1. The van der Waals surface area contributed by atoms with Crippen LogP contribution < -0.4 is 5.32 Å². The van der Waals surface area contributed by atoms with Crippen LogP contribution in [0.4, 0.5) is 5.82 Å². The Labute approximate surface area is 94.9 Å². The van der Waals surface area contributed by atoms with Gasteiger partial charge in [0.2, 0.25) is 0 Å². The van der Waals surface area contributed by atoms with Gasteiger partial charge in [-0.3, -0.25) is 0 Å². The molecule has 1 rings (SSSR count). The molecule has 0 aliphatic heterocycles. The second-order valence-corrected chi connectivity index (χ2v) is 4.67. The average Bonchev–Trinajstić information content (AvgIpc) is 2.25. The van der Waals surface area contributed by atoms with Gasteiger partial charge < -0.3 is 5.32 Å². The first-order valence-electron chi connectivity index (χ1n) is 4.81. The topological polar surface area (TPSA) is 48.7 Å². The maximum atomic E-state index is 8.99. The second-order valence-electron chi connectivity index (χ2n) is 3.39. The Morgan fingerprint density at radius 2 is 2.40 bits per heavy atom. The third-order valence-electron chi connectivity index (χ3n) is 2.23. The Morgan fingerprint density at radius 3 is 3.00 bits per heavy atom. The van der Waals surface area contributed by atoms with E-state index in [1.807, 2.05) is 13.0 Å². The zero-order valence-corrected chi connectivity index (χ0v) is 10.1. The van der Waals surface area contributed by atoms with Crippen molar-refractivity contribution >= 4 is 17.6 Å². The number of aromatic nitrogens is 1. The molecule has 1 aromatic rings. The third kappa shape index (κ3) is 3.14. The standard InChI is InChI=1S/C11H15N3S/c1-8-4-5-13-11(10(8)6-12)14-7-9(2)15-3/h4-5,9H,7H2,1-3H3,(H,13,14). The van der Waals surface area contributed by atoms with E-state index in [0.717, 1.165) is 12.1 Å². The molecule has 0 radical (unpaired) electrons. The van der Waals surface area contributed by atoms with Gasteiger partial charge in [-0.1, -0.05) is 6.92 Å². The van der Waals surface area contributed by atoms with Gasteiger partial charge in [-0.2, -0.15) is 17.0 Å². The van der Waals surface area contributed by atoms with E-state index in [1.54, 1.807) is 18.0 Å². The molecule has 0 aliphatic carbocycles. The lowest BCUT2D eigenvalue weighted by atomic mass is 10.1. The van der Waals surface area contributed by atoms with Crippen LogP contribution in [0.5, 0.6) is 0 Å². The molecule has 0 spiro atoms. The predicted octanol–water partition coefficient (Wildman–Crippen LogP) is 2.43. The Morgan fingerprint density at radius 1 is 1.67 bits per heavy atom. The van der Waals surface area contributed by atoms with Crippen molar-refractivity contribution in [2.45, 2.75) is 19.1 Å². The molecule has 1 heterocycles. The fraction of sp³-hybridized carbons (Fsp3) is 0.455. The van der Waals surface area contributed by atoms with Crippen LogP contribution >= 0.6 is 11.8 Å². The molecule has 1 N–H and O–H groups in total. The van der Waals surface area contributed by atoms with Crippen molar-refractivity contribution in [1.29, 1.82) is 5.26 Å². The summed E-state index contributed by atoms with van der Waals surface area (Å²) in [6, 6.07) is 4.02.